The van der Waals surface area contributed by atoms with Crippen LogP contribution in [0.5, 0.6) is 5.75 Å². The SMILES string of the molecule is O=[N+]([O-])c1cccc(N2CCOCC2)c1O. The Morgan fingerprint density at radius 2 is 2.06 bits per heavy atom. The van der Waals surface area contributed by atoms with Crippen molar-refractivity contribution in [2.45, 2.75) is 0 Å². The van der Waals surface area contributed by atoms with Crippen LogP contribution in [-0.4, -0.2) is 36.3 Å². The molecule has 16 heavy (non-hydrogen) atoms. The zero-order valence-corrected chi connectivity index (χ0v) is 8.63. The van der Waals surface area contributed by atoms with Crippen molar-refractivity contribution in [2.24, 2.45) is 0 Å². The first-order chi connectivity index (χ1) is 7.70. The number of nitro benzene ring substituents is 1. The summed E-state index contributed by atoms with van der Waals surface area (Å²) in [5.74, 6) is -0.269. The van der Waals surface area contributed by atoms with Crippen molar-refractivity contribution in [3.05, 3.63) is 28.3 Å². The number of hydrogen-bond donors (Lipinski definition) is 1. The topological polar surface area (TPSA) is 75.8 Å². The lowest BCUT2D eigenvalue weighted by molar-refractivity contribution is -0.385. The molecule has 0 amide bonds. The van der Waals surface area contributed by atoms with E-state index in [1.54, 1.807) is 12.1 Å². The van der Waals surface area contributed by atoms with E-state index in [1.807, 2.05) is 4.90 Å². The highest BCUT2D eigenvalue weighted by Gasteiger charge is 2.21. The van der Waals surface area contributed by atoms with Crippen molar-refractivity contribution in [3.63, 3.8) is 0 Å². The number of nitro groups is 1. The molecule has 1 saturated heterocycles. The summed E-state index contributed by atoms with van der Waals surface area (Å²) >= 11 is 0. The Balaban J connectivity index is 2.33. The van der Waals surface area contributed by atoms with E-state index in [9.17, 15) is 15.2 Å². The lowest BCUT2D eigenvalue weighted by atomic mass is 10.2. The number of aromatic hydroxyl groups is 1. The summed E-state index contributed by atoms with van der Waals surface area (Å²) < 4.78 is 5.18. The van der Waals surface area contributed by atoms with E-state index in [0.717, 1.165) is 0 Å². The molecule has 1 fully saturated rings. The molecule has 1 N–H and O–H groups in total. The van der Waals surface area contributed by atoms with E-state index >= 15 is 0 Å². The van der Waals surface area contributed by atoms with Gasteiger partial charge in [0.2, 0.25) is 5.75 Å². The van der Waals surface area contributed by atoms with Gasteiger partial charge in [-0.1, -0.05) is 6.07 Å². The van der Waals surface area contributed by atoms with Gasteiger partial charge in [-0.25, -0.2) is 0 Å². The van der Waals surface area contributed by atoms with Crippen LogP contribution >= 0.6 is 0 Å². The third-order valence-electron chi connectivity index (χ3n) is 2.54. The van der Waals surface area contributed by atoms with Gasteiger partial charge in [0.15, 0.2) is 0 Å². The number of phenolic OH excluding ortho intramolecular Hbond substituents is 1. The van der Waals surface area contributed by atoms with Gasteiger partial charge in [-0.05, 0) is 6.07 Å². The molecule has 1 aliphatic rings. The first-order valence-electron chi connectivity index (χ1n) is 4.99. The second kappa shape index (κ2) is 4.36. The third-order valence-corrected chi connectivity index (χ3v) is 2.54. The molecule has 0 spiro atoms. The first kappa shape index (κ1) is 10.7. The molecule has 0 radical (unpaired) electrons. The van der Waals surface area contributed by atoms with Gasteiger partial charge in [0.05, 0.1) is 23.8 Å². The van der Waals surface area contributed by atoms with Crippen LogP contribution in [0, 0.1) is 10.1 Å². The second-order valence-corrected chi connectivity index (χ2v) is 3.50. The van der Waals surface area contributed by atoms with Gasteiger partial charge in [-0.3, -0.25) is 10.1 Å². The highest BCUT2D eigenvalue weighted by atomic mass is 16.6. The predicted octanol–water partition coefficient (Wildman–Crippen LogP) is 1.14. The van der Waals surface area contributed by atoms with Crippen LogP contribution in [0.1, 0.15) is 0 Å². The van der Waals surface area contributed by atoms with Crippen LogP contribution in [0.15, 0.2) is 18.2 Å². The number of ether oxygens (including phenoxy) is 1. The van der Waals surface area contributed by atoms with Gasteiger partial charge >= 0.3 is 5.69 Å². The Hall–Kier alpha value is -1.82. The van der Waals surface area contributed by atoms with Gasteiger partial charge < -0.3 is 14.7 Å². The lowest BCUT2D eigenvalue weighted by Gasteiger charge is -2.29. The average molecular weight is 224 g/mol. The van der Waals surface area contributed by atoms with E-state index in [1.165, 1.54) is 6.07 Å². The fourth-order valence-corrected chi connectivity index (χ4v) is 1.73. The average Bonchev–Trinajstić information content (AvgIpc) is 2.30. The molecule has 2 rings (SSSR count). The zero-order valence-electron chi connectivity index (χ0n) is 8.63. The van der Waals surface area contributed by atoms with Crippen molar-refractivity contribution in [2.75, 3.05) is 31.2 Å². The molecule has 1 aliphatic heterocycles. The predicted molar refractivity (Wildman–Crippen MR) is 57.8 cm³/mol. The van der Waals surface area contributed by atoms with E-state index in [4.69, 9.17) is 4.74 Å². The number of nitrogens with zero attached hydrogens (tertiary/aromatic N) is 2. The molecule has 0 aliphatic carbocycles. The molecule has 1 aromatic rings. The van der Waals surface area contributed by atoms with Gasteiger partial charge in [-0.2, -0.15) is 0 Å². The summed E-state index contributed by atoms with van der Waals surface area (Å²) in [4.78, 5) is 12.0. The van der Waals surface area contributed by atoms with Gasteiger partial charge in [0, 0.05) is 19.2 Å². The van der Waals surface area contributed by atoms with Crippen molar-refractivity contribution >= 4 is 11.4 Å². The van der Waals surface area contributed by atoms with Crippen LogP contribution in [0.3, 0.4) is 0 Å². The standard InChI is InChI=1S/C10H12N2O4/c13-10-8(11-4-6-16-7-5-11)2-1-3-9(10)12(14)15/h1-3,13H,4-7H2. The molecule has 0 aromatic heterocycles. The number of phenols is 1. The summed E-state index contributed by atoms with van der Waals surface area (Å²) in [6.07, 6.45) is 0. The number of rotatable bonds is 2. The summed E-state index contributed by atoms with van der Waals surface area (Å²) in [6.45, 7) is 2.41. The molecular formula is C10H12N2O4. The zero-order chi connectivity index (χ0) is 11.5. The second-order valence-electron chi connectivity index (χ2n) is 3.50. The Bertz CT molecular complexity index is 402. The van der Waals surface area contributed by atoms with Gasteiger partial charge in [0.1, 0.15) is 0 Å². The van der Waals surface area contributed by atoms with E-state index in [2.05, 4.69) is 0 Å². The summed E-state index contributed by atoms with van der Waals surface area (Å²) in [6, 6.07) is 4.54. The minimum absolute atomic E-state index is 0.260. The molecule has 6 nitrogen and oxygen atoms in total. The first-order valence-corrected chi connectivity index (χ1v) is 4.99. The molecule has 0 atom stereocenters. The Morgan fingerprint density at radius 1 is 1.38 bits per heavy atom. The number of benzene rings is 1. The third kappa shape index (κ3) is 1.92. The maximum Gasteiger partial charge on any atom is 0.312 e. The van der Waals surface area contributed by atoms with Crippen LogP contribution in [0.4, 0.5) is 11.4 Å². The summed E-state index contributed by atoms with van der Waals surface area (Å²) in [7, 11) is 0. The Labute approximate surface area is 92.2 Å². The minimum atomic E-state index is -0.584. The highest BCUT2D eigenvalue weighted by molar-refractivity contribution is 5.66. The van der Waals surface area contributed by atoms with Gasteiger partial charge in [-0.15, -0.1) is 0 Å². The largest absolute Gasteiger partial charge is 0.501 e. The smallest absolute Gasteiger partial charge is 0.312 e. The molecule has 0 saturated carbocycles. The molecule has 0 bridgehead atoms. The molecule has 1 heterocycles. The normalized spacial score (nSPS) is 16.1. The van der Waals surface area contributed by atoms with E-state index in [-0.39, 0.29) is 11.4 Å². The fourth-order valence-electron chi connectivity index (χ4n) is 1.73. The highest BCUT2D eigenvalue weighted by Crippen LogP contribution is 2.36. The number of morpholine rings is 1. The monoisotopic (exact) mass is 224 g/mol. The van der Waals surface area contributed by atoms with Crippen LogP contribution in [0.2, 0.25) is 0 Å². The summed E-state index contributed by atoms with van der Waals surface area (Å²) in [5, 5.41) is 20.4. The molecular weight excluding hydrogens is 212 g/mol. The fraction of sp³-hybridized carbons (Fsp3) is 0.400. The van der Waals surface area contributed by atoms with Crippen LogP contribution in [0.25, 0.3) is 0 Å². The molecule has 86 valence electrons. The minimum Gasteiger partial charge on any atom is -0.501 e. The number of anilines is 1. The number of para-hydroxylation sites is 1. The van der Waals surface area contributed by atoms with Crippen molar-refractivity contribution in [3.8, 4) is 5.75 Å². The van der Waals surface area contributed by atoms with Gasteiger partial charge in [0.25, 0.3) is 0 Å². The number of hydrogen-bond acceptors (Lipinski definition) is 5. The van der Waals surface area contributed by atoms with Crippen molar-refractivity contribution in [1.82, 2.24) is 0 Å². The maximum atomic E-state index is 10.7. The van der Waals surface area contributed by atoms with E-state index in [0.29, 0.717) is 32.0 Å². The lowest BCUT2D eigenvalue weighted by Crippen LogP contribution is -2.36. The Kier molecular flexibility index (Phi) is 2.91. The maximum absolute atomic E-state index is 10.7. The van der Waals surface area contributed by atoms with Crippen LogP contribution in [-0.2, 0) is 4.74 Å². The Morgan fingerprint density at radius 3 is 2.69 bits per heavy atom. The molecule has 1 aromatic carbocycles. The van der Waals surface area contributed by atoms with Crippen molar-refractivity contribution < 1.29 is 14.8 Å². The van der Waals surface area contributed by atoms with Crippen molar-refractivity contribution in [1.29, 1.82) is 0 Å². The molecule has 0 unspecified atom stereocenters. The van der Waals surface area contributed by atoms with E-state index < -0.39 is 4.92 Å². The quantitative estimate of drug-likeness (QED) is 0.602. The summed E-state index contributed by atoms with van der Waals surface area (Å²) in [5.41, 5.74) is 0.237. The molecule has 6 heteroatoms. The van der Waals surface area contributed by atoms with Crippen LogP contribution < -0.4 is 4.90 Å².